The number of aryl methyl sites for hydroxylation is 1. The van der Waals surface area contributed by atoms with Gasteiger partial charge < -0.3 is 10.1 Å². The van der Waals surface area contributed by atoms with Crippen molar-refractivity contribution in [2.24, 2.45) is 5.92 Å². The third kappa shape index (κ3) is 6.57. The molecule has 1 N–H and O–H groups in total. The van der Waals surface area contributed by atoms with E-state index < -0.39 is 0 Å². The van der Waals surface area contributed by atoms with E-state index in [1.54, 1.807) is 0 Å². The third-order valence-electron chi connectivity index (χ3n) is 2.95. The van der Waals surface area contributed by atoms with E-state index in [0.29, 0.717) is 19.1 Å². The van der Waals surface area contributed by atoms with Crippen molar-refractivity contribution in [1.82, 2.24) is 10.2 Å². The van der Waals surface area contributed by atoms with Gasteiger partial charge in [-0.25, -0.2) is 0 Å². The van der Waals surface area contributed by atoms with E-state index in [2.05, 4.69) is 19.2 Å². The molecule has 0 aromatic heterocycles. The van der Waals surface area contributed by atoms with Gasteiger partial charge in [0.05, 0.1) is 6.54 Å². The monoisotopic (exact) mass is 278 g/mol. The summed E-state index contributed by atoms with van der Waals surface area (Å²) in [6.45, 7) is 8.64. The van der Waals surface area contributed by atoms with Crippen LogP contribution in [-0.4, -0.2) is 44.1 Å². The van der Waals surface area contributed by atoms with E-state index in [0.717, 1.165) is 24.4 Å². The maximum atomic E-state index is 11.7. The lowest BCUT2D eigenvalue weighted by atomic mass is 10.2. The van der Waals surface area contributed by atoms with Crippen LogP contribution in [0.3, 0.4) is 0 Å². The molecule has 0 heterocycles. The van der Waals surface area contributed by atoms with E-state index >= 15 is 0 Å². The molecule has 0 unspecified atom stereocenters. The van der Waals surface area contributed by atoms with Gasteiger partial charge in [-0.1, -0.05) is 32.0 Å². The van der Waals surface area contributed by atoms with Crippen molar-refractivity contribution >= 4 is 5.91 Å². The standard InChI is InChI=1S/C16H26N2O2/c1-13(2)11-17-16(19)12-18(4)9-10-20-15-8-6-5-7-14(15)3/h5-8,13H,9-12H2,1-4H3,(H,17,19). The number of carbonyl (C=O) groups is 1. The quantitative estimate of drug-likeness (QED) is 0.791. The number of likely N-dealkylation sites (N-methyl/N-ethyl adjacent to an activating group) is 1. The maximum Gasteiger partial charge on any atom is 0.234 e. The lowest BCUT2D eigenvalue weighted by molar-refractivity contribution is -0.122. The van der Waals surface area contributed by atoms with Gasteiger partial charge in [0.25, 0.3) is 0 Å². The van der Waals surface area contributed by atoms with Crippen LogP contribution in [0.4, 0.5) is 0 Å². The van der Waals surface area contributed by atoms with Crippen LogP contribution in [0.25, 0.3) is 0 Å². The van der Waals surface area contributed by atoms with Crippen molar-refractivity contribution in [3.8, 4) is 5.75 Å². The van der Waals surface area contributed by atoms with Gasteiger partial charge in [-0.3, -0.25) is 9.69 Å². The number of amides is 1. The Hall–Kier alpha value is -1.55. The Kier molecular flexibility index (Phi) is 7.09. The number of benzene rings is 1. The summed E-state index contributed by atoms with van der Waals surface area (Å²) in [6.07, 6.45) is 0. The molecule has 0 bridgehead atoms. The molecular formula is C16H26N2O2. The van der Waals surface area contributed by atoms with Crippen molar-refractivity contribution in [1.29, 1.82) is 0 Å². The van der Waals surface area contributed by atoms with E-state index in [4.69, 9.17) is 4.74 Å². The first-order chi connectivity index (χ1) is 9.49. The number of nitrogens with zero attached hydrogens (tertiary/aromatic N) is 1. The summed E-state index contributed by atoms with van der Waals surface area (Å²) in [4.78, 5) is 13.6. The molecule has 0 atom stereocenters. The van der Waals surface area contributed by atoms with Crippen molar-refractivity contribution in [3.63, 3.8) is 0 Å². The van der Waals surface area contributed by atoms with Gasteiger partial charge in [-0.15, -0.1) is 0 Å². The highest BCUT2D eigenvalue weighted by atomic mass is 16.5. The molecule has 0 aliphatic carbocycles. The maximum absolute atomic E-state index is 11.7. The van der Waals surface area contributed by atoms with Crippen LogP contribution in [-0.2, 0) is 4.79 Å². The summed E-state index contributed by atoms with van der Waals surface area (Å²) in [5.74, 6) is 1.45. The molecule has 1 amide bonds. The molecule has 0 saturated heterocycles. The number of nitrogens with one attached hydrogen (secondary N) is 1. The molecule has 1 aromatic carbocycles. The van der Waals surface area contributed by atoms with Crippen LogP contribution in [0.1, 0.15) is 19.4 Å². The van der Waals surface area contributed by atoms with E-state index in [9.17, 15) is 4.79 Å². The second-order valence-electron chi connectivity index (χ2n) is 5.55. The number of carbonyl (C=O) groups excluding carboxylic acids is 1. The highest BCUT2D eigenvalue weighted by Gasteiger charge is 2.07. The Labute approximate surface area is 122 Å². The average molecular weight is 278 g/mol. The number of para-hydroxylation sites is 1. The topological polar surface area (TPSA) is 41.6 Å². The summed E-state index contributed by atoms with van der Waals surface area (Å²) in [7, 11) is 1.93. The molecule has 0 spiro atoms. The van der Waals surface area contributed by atoms with Gasteiger partial charge in [-0.2, -0.15) is 0 Å². The molecule has 0 aliphatic heterocycles. The van der Waals surface area contributed by atoms with E-state index in [1.807, 2.05) is 43.1 Å². The fourth-order valence-electron chi connectivity index (χ4n) is 1.73. The zero-order valence-corrected chi connectivity index (χ0v) is 13.0. The normalized spacial score (nSPS) is 10.9. The lowest BCUT2D eigenvalue weighted by Crippen LogP contribution is -2.38. The minimum absolute atomic E-state index is 0.0668. The second kappa shape index (κ2) is 8.59. The molecule has 112 valence electrons. The molecule has 1 rings (SSSR count). The molecule has 4 heteroatoms. The molecule has 0 saturated carbocycles. The van der Waals surface area contributed by atoms with E-state index in [1.165, 1.54) is 0 Å². The first kappa shape index (κ1) is 16.5. The molecule has 20 heavy (non-hydrogen) atoms. The Bertz CT molecular complexity index is 419. The van der Waals surface area contributed by atoms with Crippen LogP contribution in [0.2, 0.25) is 0 Å². The molecule has 0 fully saturated rings. The highest BCUT2D eigenvalue weighted by Crippen LogP contribution is 2.15. The molecule has 1 aromatic rings. The largest absolute Gasteiger partial charge is 0.492 e. The average Bonchev–Trinajstić information content (AvgIpc) is 2.38. The van der Waals surface area contributed by atoms with Crippen molar-refractivity contribution in [3.05, 3.63) is 29.8 Å². The van der Waals surface area contributed by atoms with Crippen LogP contribution < -0.4 is 10.1 Å². The van der Waals surface area contributed by atoms with Crippen molar-refractivity contribution in [2.75, 3.05) is 33.3 Å². The van der Waals surface area contributed by atoms with Gasteiger partial charge in [0.2, 0.25) is 5.91 Å². The van der Waals surface area contributed by atoms with Gasteiger partial charge in [-0.05, 0) is 31.5 Å². The SMILES string of the molecule is Cc1ccccc1OCCN(C)CC(=O)NCC(C)C. The highest BCUT2D eigenvalue weighted by molar-refractivity contribution is 5.77. The lowest BCUT2D eigenvalue weighted by Gasteiger charge is -2.17. The molecule has 0 radical (unpaired) electrons. The molecule has 4 nitrogen and oxygen atoms in total. The zero-order valence-electron chi connectivity index (χ0n) is 13.0. The van der Waals surface area contributed by atoms with Crippen LogP contribution in [0, 0.1) is 12.8 Å². The summed E-state index contributed by atoms with van der Waals surface area (Å²) in [6, 6.07) is 7.95. The Morgan fingerprint density at radius 2 is 2.05 bits per heavy atom. The first-order valence-electron chi connectivity index (χ1n) is 7.12. The summed E-state index contributed by atoms with van der Waals surface area (Å²) < 4.78 is 5.71. The molecular weight excluding hydrogens is 252 g/mol. The number of hydrogen-bond acceptors (Lipinski definition) is 3. The fourth-order valence-corrected chi connectivity index (χ4v) is 1.73. The Morgan fingerprint density at radius 1 is 1.35 bits per heavy atom. The Morgan fingerprint density at radius 3 is 2.70 bits per heavy atom. The number of hydrogen-bond donors (Lipinski definition) is 1. The summed E-state index contributed by atoms with van der Waals surface area (Å²) in [5, 5.41) is 2.91. The van der Waals surface area contributed by atoms with Crippen LogP contribution in [0.15, 0.2) is 24.3 Å². The van der Waals surface area contributed by atoms with Gasteiger partial charge in [0.1, 0.15) is 12.4 Å². The van der Waals surface area contributed by atoms with Crippen LogP contribution in [0.5, 0.6) is 5.75 Å². The third-order valence-corrected chi connectivity index (χ3v) is 2.95. The van der Waals surface area contributed by atoms with E-state index in [-0.39, 0.29) is 5.91 Å². The fraction of sp³-hybridized carbons (Fsp3) is 0.562. The number of rotatable bonds is 8. The smallest absolute Gasteiger partial charge is 0.234 e. The van der Waals surface area contributed by atoms with Crippen molar-refractivity contribution < 1.29 is 9.53 Å². The van der Waals surface area contributed by atoms with Crippen LogP contribution >= 0.6 is 0 Å². The molecule has 0 aliphatic rings. The van der Waals surface area contributed by atoms with Gasteiger partial charge in [0.15, 0.2) is 0 Å². The predicted molar refractivity (Wildman–Crippen MR) is 82.0 cm³/mol. The first-order valence-corrected chi connectivity index (χ1v) is 7.12. The predicted octanol–water partition coefficient (Wildman–Crippen LogP) is 2.08. The van der Waals surface area contributed by atoms with Gasteiger partial charge >= 0.3 is 0 Å². The van der Waals surface area contributed by atoms with Gasteiger partial charge in [0, 0.05) is 13.1 Å². The minimum Gasteiger partial charge on any atom is -0.492 e. The Balaban J connectivity index is 2.21. The van der Waals surface area contributed by atoms with Crippen molar-refractivity contribution in [2.45, 2.75) is 20.8 Å². The zero-order chi connectivity index (χ0) is 15.0. The second-order valence-corrected chi connectivity index (χ2v) is 5.55. The summed E-state index contributed by atoms with van der Waals surface area (Å²) in [5.41, 5.74) is 1.13. The number of ether oxygens (including phenoxy) is 1. The summed E-state index contributed by atoms with van der Waals surface area (Å²) >= 11 is 0. The minimum atomic E-state index is 0.0668.